The fraction of sp³-hybridized carbons (Fsp3) is 0.474. The molecule has 0 saturated carbocycles. The van der Waals surface area contributed by atoms with Crippen LogP contribution in [0.5, 0.6) is 0 Å². The molecule has 0 aliphatic rings. The molecule has 0 saturated heterocycles. The molecule has 2 rings (SSSR count). The van der Waals surface area contributed by atoms with E-state index < -0.39 is 0 Å². The lowest BCUT2D eigenvalue weighted by molar-refractivity contribution is -0.344. The van der Waals surface area contributed by atoms with Crippen LogP contribution in [0.2, 0.25) is 5.02 Å². The van der Waals surface area contributed by atoms with Gasteiger partial charge in [-0.3, -0.25) is 0 Å². The van der Waals surface area contributed by atoms with Gasteiger partial charge in [0.15, 0.2) is 6.20 Å². The maximum Gasteiger partial charge on any atom is 0.346 e. The van der Waals surface area contributed by atoms with E-state index in [2.05, 4.69) is 17.2 Å². The van der Waals surface area contributed by atoms with E-state index in [1.165, 1.54) is 0 Å². The maximum absolute atomic E-state index is 12.3. The fourth-order valence-electron chi connectivity index (χ4n) is 2.51. The number of hydrogen-bond acceptors (Lipinski definition) is 4. The Bertz CT molecular complexity index is 706. The highest BCUT2D eigenvalue weighted by Gasteiger charge is 2.20. The van der Waals surface area contributed by atoms with E-state index in [0.29, 0.717) is 30.3 Å². The van der Waals surface area contributed by atoms with Crippen molar-refractivity contribution in [3.05, 3.63) is 35.0 Å². The molecule has 1 aromatic heterocycles. The normalized spacial score (nSPS) is 10.8. The number of carbonyl (C=O) groups excluding carboxylic acids is 1. The molecular formula is C19H26ClN2O3+. The van der Waals surface area contributed by atoms with Gasteiger partial charge in [0.05, 0.1) is 17.7 Å². The summed E-state index contributed by atoms with van der Waals surface area (Å²) >= 11 is 6.14. The monoisotopic (exact) mass is 365 g/mol. The Kier molecular flexibility index (Phi) is 7.95. The fourth-order valence-corrected chi connectivity index (χ4v) is 2.68. The van der Waals surface area contributed by atoms with Gasteiger partial charge in [0, 0.05) is 30.8 Å². The van der Waals surface area contributed by atoms with Crippen LogP contribution in [0.4, 0.5) is 5.69 Å². The molecule has 5 nitrogen and oxygen atoms in total. The van der Waals surface area contributed by atoms with Crippen molar-refractivity contribution in [1.29, 1.82) is 0 Å². The van der Waals surface area contributed by atoms with Gasteiger partial charge in [-0.15, -0.1) is 0 Å². The van der Waals surface area contributed by atoms with E-state index in [1.807, 2.05) is 18.2 Å². The summed E-state index contributed by atoms with van der Waals surface area (Å²) in [6.07, 6.45) is 4.74. The maximum atomic E-state index is 12.3. The second-order valence-corrected chi connectivity index (χ2v) is 6.17. The molecule has 2 aromatic rings. The molecule has 0 unspecified atom stereocenters. The number of esters is 1. The third-order valence-electron chi connectivity index (χ3n) is 3.80. The molecule has 0 aliphatic carbocycles. The van der Waals surface area contributed by atoms with Gasteiger partial charge in [-0.2, -0.15) is 0 Å². The minimum atomic E-state index is -0.359. The largest absolute Gasteiger partial charge is 0.462 e. The van der Waals surface area contributed by atoms with Crippen LogP contribution in [0.15, 0.2) is 24.4 Å². The van der Waals surface area contributed by atoms with Crippen molar-refractivity contribution >= 4 is 34.2 Å². The number of anilines is 1. The first-order valence-electron chi connectivity index (χ1n) is 8.80. The van der Waals surface area contributed by atoms with Crippen molar-refractivity contribution in [2.45, 2.75) is 33.1 Å². The third kappa shape index (κ3) is 5.58. The molecule has 1 aromatic carbocycles. The van der Waals surface area contributed by atoms with Crippen LogP contribution in [-0.2, 0) is 9.47 Å². The first-order valence-corrected chi connectivity index (χ1v) is 9.17. The predicted octanol–water partition coefficient (Wildman–Crippen LogP) is 4.10. The van der Waals surface area contributed by atoms with Crippen LogP contribution >= 0.6 is 11.6 Å². The van der Waals surface area contributed by atoms with Crippen molar-refractivity contribution in [3.8, 4) is 0 Å². The van der Waals surface area contributed by atoms with Gasteiger partial charge < -0.3 is 14.8 Å². The van der Waals surface area contributed by atoms with Gasteiger partial charge in [0.2, 0.25) is 5.52 Å². The lowest BCUT2D eigenvalue weighted by Crippen LogP contribution is -2.17. The lowest BCUT2D eigenvalue weighted by Gasteiger charge is -2.12. The average Bonchev–Trinajstić information content (AvgIpc) is 2.61. The van der Waals surface area contributed by atoms with Crippen molar-refractivity contribution < 1.29 is 19.3 Å². The Morgan fingerprint density at radius 1 is 1.24 bits per heavy atom. The number of rotatable bonds is 10. The topological polar surface area (TPSA) is 61.7 Å². The number of nitrogens with one attached hydrogen (secondary N) is 2. The second kappa shape index (κ2) is 10.2. The molecule has 0 spiro atoms. The van der Waals surface area contributed by atoms with E-state index >= 15 is 0 Å². The van der Waals surface area contributed by atoms with Crippen LogP contribution in [-0.4, -0.2) is 32.3 Å². The number of aromatic nitrogens is 1. The Balaban J connectivity index is 2.14. The van der Waals surface area contributed by atoms with Crippen molar-refractivity contribution in [2.75, 3.05) is 31.7 Å². The summed E-state index contributed by atoms with van der Waals surface area (Å²) < 4.78 is 10.7. The first-order chi connectivity index (χ1) is 12.2. The average molecular weight is 366 g/mol. The summed E-state index contributed by atoms with van der Waals surface area (Å²) in [7, 11) is 0. The first kappa shape index (κ1) is 19.5. The van der Waals surface area contributed by atoms with Gasteiger partial charge in [0.1, 0.15) is 5.56 Å². The molecule has 136 valence electrons. The molecule has 1 heterocycles. The third-order valence-corrected chi connectivity index (χ3v) is 4.03. The van der Waals surface area contributed by atoms with Crippen LogP contribution in [0.25, 0.3) is 10.9 Å². The SMILES string of the molecule is CCCCOCCCNc1c(C(=O)OCC)c[nH+]c2ccc(Cl)cc12. The van der Waals surface area contributed by atoms with E-state index in [-0.39, 0.29) is 5.97 Å². The van der Waals surface area contributed by atoms with Gasteiger partial charge >= 0.3 is 5.97 Å². The second-order valence-electron chi connectivity index (χ2n) is 5.73. The van der Waals surface area contributed by atoms with E-state index in [4.69, 9.17) is 21.1 Å². The highest BCUT2D eigenvalue weighted by atomic mass is 35.5. The number of benzene rings is 1. The molecule has 0 amide bonds. The standard InChI is InChI=1S/C19H25ClN2O3/c1-3-5-10-24-11-6-9-21-18-15-12-14(20)7-8-17(15)22-13-16(18)19(23)25-4-2/h7-8,12-13H,3-6,9-11H2,1-2H3,(H,21,22)/p+1. The highest BCUT2D eigenvalue weighted by molar-refractivity contribution is 6.31. The van der Waals surface area contributed by atoms with Gasteiger partial charge in [-0.1, -0.05) is 24.9 Å². The van der Waals surface area contributed by atoms with Crippen LogP contribution in [0.3, 0.4) is 0 Å². The van der Waals surface area contributed by atoms with Crippen molar-refractivity contribution in [2.24, 2.45) is 0 Å². The number of carbonyl (C=O) groups is 1. The summed E-state index contributed by atoms with van der Waals surface area (Å²) in [6.45, 7) is 6.45. The minimum absolute atomic E-state index is 0.330. The number of aromatic amines is 1. The number of unbranched alkanes of at least 4 members (excludes halogenated alkanes) is 1. The van der Waals surface area contributed by atoms with E-state index in [9.17, 15) is 4.79 Å². The zero-order chi connectivity index (χ0) is 18.1. The summed E-state index contributed by atoms with van der Waals surface area (Å²) in [6, 6.07) is 5.55. The van der Waals surface area contributed by atoms with E-state index in [0.717, 1.165) is 42.5 Å². The summed E-state index contributed by atoms with van der Waals surface area (Å²) in [5, 5.41) is 4.84. The lowest BCUT2D eigenvalue weighted by atomic mass is 10.1. The Hall–Kier alpha value is -1.85. The van der Waals surface area contributed by atoms with Crippen molar-refractivity contribution in [1.82, 2.24) is 0 Å². The molecule has 0 fully saturated rings. The minimum Gasteiger partial charge on any atom is -0.462 e. The predicted molar refractivity (Wildman–Crippen MR) is 100 cm³/mol. The number of fused-ring (bicyclic) bond motifs is 1. The number of hydrogen-bond donors (Lipinski definition) is 1. The molecule has 0 bridgehead atoms. The molecule has 0 atom stereocenters. The van der Waals surface area contributed by atoms with Gasteiger partial charge in [0.25, 0.3) is 0 Å². The molecule has 0 aliphatic heterocycles. The van der Waals surface area contributed by atoms with Gasteiger partial charge in [-0.05, 0) is 31.9 Å². The van der Waals surface area contributed by atoms with Gasteiger partial charge in [-0.25, -0.2) is 9.78 Å². The zero-order valence-corrected chi connectivity index (χ0v) is 15.6. The molecular weight excluding hydrogens is 340 g/mol. The van der Waals surface area contributed by atoms with Crippen LogP contribution < -0.4 is 10.3 Å². The summed E-state index contributed by atoms with van der Waals surface area (Å²) in [4.78, 5) is 15.4. The van der Waals surface area contributed by atoms with Crippen LogP contribution in [0.1, 0.15) is 43.5 Å². The molecule has 0 radical (unpaired) electrons. The zero-order valence-electron chi connectivity index (χ0n) is 14.9. The molecule has 6 heteroatoms. The van der Waals surface area contributed by atoms with E-state index in [1.54, 1.807) is 13.1 Å². The highest BCUT2D eigenvalue weighted by Crippen LogP contribution is 2.27. The number of pyridine rings is 1. The number of ether oxygens (including phenoxy) is 2. The Labute approximate surface area is 153 Å². The Morgan fingerprint density at radius 3 is 2.80 bits per heavy atom. The quantitative estimate of drug-likeness (QED) is 0.508. The number of halogens is 1. The van der Waals surface area contributed by atoms with Crippen molar-refractivity contribution in [3.63, 3.8) is 0 Å². The Morgan fingerprint density at radius 2 is 2.04 bits per heavy atom. The molecule has 25 heavy (non-hydrogen) atoms. The number of H-pyrrole nitrogens is 1. The summed E-state index contributed by atoms with van der Waals surface area (Å²) in [5.74, 6) is -0.359. The smallest absolute Gasteiger partial charge is 0.346 e. The van der Waals surface area contributed by atoms with Crippen LogP contribution in [0, 0.1) is 0 Å². The molecule has 2 N–H and O–H groups in total. The summed E-state index contributed by atoms with van der Waals surface area (Å²) in [5.41, 5.74) is 2.12.